The number of hydrogen-bond donors (Lipinski definition) is 1. The van der Waals surface area contributed by atoms with Gasteiger partial charge in [-0.25, -0.2) is 4.98 Å². The first-order valence-corrected chi connectivity index (χ1v) is 5.28. The van der Waals surface area contributed by atoms with Crippen LogP contribution in [0.15, 0.2) is 30.6 Å². The lowest BCUT2D eigenvalue weighted by molar-refractivity contribution is 0.0995. The molecule has 4 nitrogen and oxygen atoms in total. The van der Waals surface area contributed by atoms with Crippen LogP contribution in [-0.2, 0) is 0 Å². The van der Waals surface area contributed by atoms with Gasteiger partial charge in [0, 0.05) is 29.2 Å². The molecule has 0 aliphatic carbocycles. The van der Waals surface area contributed by atoms with Crippen molar-refractivity contribution < 1.29 is 4.79 Å². The predicted molar refractivity (Wildman–Crippen MR) is 65.5 cm³/mol. The van der Waals surface area contributed by atoms with E-state index in [4.69, 9.17) is 5.73 Å². The molecule has 1 amide bonds. The van der Waals surface area contributed by atoms with E-state index in [0.29, 0.717) is 5.69 Å². The zero-order valence-corrected chi connectivity index (χ0v) is 9.77. The molecule has 86 valence electrons. The van der Waals surface area contributed by atoms with Crippen LogP contribution in [0, 0.1) is 13.8 Å². The number of amides is 1. The number of hydrogen-bond acceptors (Lipinski definition) is 3. The van der Waals surface area contributed by atoms with Gasteiger partial charge in [-0.05, 0) is 31.5 Å². The van der Waals surface area contributed by atoms with Crippen LogP contribution >= 0.6 is 0 Å². The highest BCUT2D eigenvalue weighted by Gasteiger charge is 2.11. The van der Waals surface area contributed by atoms with Crippen molar-refractivity contribution in [2.24, 2.45) is 5.73 Å². The van der Waals surface area contributed by atoms with Crippen molar-refractivity contribution in [1.82, 2.24) is 9.97 Å². The molecule has 2 heterocycles. The number of aromatic nitrogens is 2. The molecule has 0 spiro atoms. The number of primary amides is 1. The molecule has 0 unspecified atom stereocenters. The van der Waals surface area contributed by atoms with Crippen LogP contribution in [0.5, 0.6) is 0 Å². The third kappa shape index (κ3) is 2.15. The topological polar surface area (TPSA) is 68.9 Å². The van der Waals surface area contributed by atoms with Gasteiger partial charge in [0.1, 0.15) is 5.69 Å². The summed E-state index contributed by atoms with van der Waals surface area (Å²) < 4.78 is 0. The van der Waals surface area contributed by atoms with E-state index in [-0.39, 0.29) is 0 Å². The molecule has 4 heteroatoms. The smallest absolute Gasteiger partial charge is 0.267 e. The lowest BCUT2D eigenvalue weighted by atomic mass is 10.00. The molecule has 0 aliphatic rings. The third-order valence-electron chi connectivity index (χ3n) is 2.60. The zero-order chi connectivity index (χ0) is 12.4. The molecule has 2 aromatic rings. The second-order valence-corrected chi connectivity index (χ2v) is 3.89. The van der Waals surface area contributed by atoms with Crippen LogP contribution in [0.2, 0.25) is 0 Å². The highest BCUT2D eigenvalue weighted by molar-refractivity contribution is 5.91. The van der Waals surface area contributed by atoms with Gasteiger partial charge in [-0.1, -0.05) is 6.07 Å². The Bertz CT molecular complexity index is 541. The summed E-state index contributed by atoms with van der Waals surface area (Å²) in [6.07, 6.45) is 3.50. The number of nitrogens with zero attached hydrogens (tertiary/aromatic N) is 2. The van der Waals surface area contributed by atoms with Gasteiger partial charge in [-0.2, -0.15) is 0 Å². The van der Waals surface area contributed by atoms with Gasteiger partial charge < -0.3 is 5.73 Å². The van der Waals surface area contributed by atoms with Gasteiger partial charge in [-0.15, -0.1) is 0 Å². The van der Waals surface area contributed by atoms with E-state index < -0.39 is 5.91 Å². The largest absolute Gasteiger partial charge is 0.364 e. The summed E-state index contributed by atoms with van der Waals surface area (Å²) in [6.45, 7) is 3.80. The first-order chi connectivity index (χ1) is 8.09. The second-order valence-electron chi connectivity index (χ2n) is 3.89. The maximum absolute atomic E-state index is 11.1. The normalized spacial score (nSPS) is 10.2. The Morgan fingerprint density at radius 1 is 1.35 bits per heavy atom. The lowest BCUT2D eigenvalue weighted by Crippen LogP contribution is -2.14. The molecule has 0 atom stereocenters. The molecule has 0 radical (unpaired) electrons. The summed E-state index contributed by atoms with van der Waals surface area (Å²) in [5, 5.41) is 0. The lowest BCUT2D eigenvalue weighted by Gasteiger charge is -2.10. The monoisotopic (exact) mass is 227 g/mol. The Balaban J connectivity index is 2.61. The van der Waals surface area contributed by atoms with Gasteiger partial charge in [-0.3, -0.25) is 9.78 Å². The number of nitrogens with two attached hydrogens (primary N) is 1. The van der Waals surface area contributed by atoms with Crippen LogP contribution in [0.4, 0.5) is 0 Å². The summed E-state index contributed by atoms with van der Waals surface area (Å²) in [7, 11) is 0. The van der Waals surface area contributed by atoms with E-state index in [1.807, 2.05) is 26.0 Å². The first-order valence-electron chi connectivity index (χ1n) is 5.28. The van der Waals surface area contributed by atoms with Crippen molar-refractivity contribution >= 4 is 5.91 Å². The predicted octanol–water partition coefficient (Wildman–Crippen LogP) is 1.86. The van der Waals surface area contributed by atoms with Gasteiger partial charge in [0.25, 0.3) is 5.91 Å². The number of aryl methyl sites for hydroxylation is 2. The zero-order valence-electron chi connectivity index (χ0n) is 9.77. The number of carbonyl (C=O) groups is 1. The van der Waals surface area contributed by atoms with Crippen molar-refractivity contribution in [2.75, 3.05) is 0 Å². The second kappa shape index (κ2) is 4.33. The van der Waals surface area contributed by atoms with Gasteiger partial charge in [0.05, 0.1) is 0 Å². The molecule has 0 saturated carbocycles. The summed E-state index contributed by atoms with van der Waals surface area (Å²) in [5.41, 5.74) is 9.28. The average molecular weight is 227 g/mol. The number of carbonyl (C=O) groups excluding carboxylic acids is 1. The van der Waals surface area contributed by atoms with Crippen molar-refractivity contribution in [2.45, 2.75) is 13.8 Å². The number of pyridine rings is 2. The van der Waals surface area contributed by atoms with Crippen molar-refractivity contribution in [3.63, 3.8) is 0 Å². The van der Waals surface area contributed by atoms with Crippen LogP contribution < -0.4 is 5.73 Å². The standard InChI is InChI=1S/C13H13N3O/c1-8-6-11(13(14)17)16-9(2)12(8)10-4-3-5-15-7-10/h3-7H,1-2H3,(H2,14,17). The van der Waals surface area contributed by atoms with Crippen LogP contribution in [0.1, 0.15) is 21.7 Å². The molecule has 2 N–H and O–H groups in total. The highest BCUT2D eigenvalue weighted by Crippen LogP contribution is 2.25. The van der Waals surface area contributed by atoms with Crippen LogP contribution in [0.3, 0.4) is 0 Å². The molecule has 17 heavy (non-hydrogen) atoms. The van der Waals surface area contributed by atoms with Crippen molar-refractivity contribution in [1.29, 1.82) is 0 Å². The average Bonchev–Trinajstić information content (AvgIpc) is 2.29. The first kappa shape index (κ1) is 11.3. The van der Waals surface area contributed by atoms with Gasteiger partial charge >= 0.3 is 0 Å². The summed E-state index contributed by atoms with van der Waals surface area (Å²) in [6, 6.07) is 5.54. The minimum absolute atomic E-state index is 0.299. The maximum atomic E-state index is 11.1. The SMILES string of the molecule is Cc1cc(C(N)=O)nc(C)c1-c1cccnc1. The van der Waals surface area contributed by atoms with Gasteiger partial charge in [0.2, 0.25) is 0 Å². The van der Waals surface area contributed by atoms with Crippen LogP contribution in [0.25, 0.3) is 11.1 Å². The van der Waals surface area contributed by atoms with Crippen molar-refractivity contribution in [3.8, 4) is 11.1 Å². The Labute approximate surface area is 99.5 Å². The van der Waals surface area contributed by atoms with Crippen molar-refractivity contribution in [3.05, 3.63) is 47.5 Å². The maximum Gasteiger partial charge on any atom is 0.267 e. The Morgan fingerprint density at radius 3 is 2.65 bits per heavy atom. The summed E-state index contributed by atoms with van der Waals surface area (Å²) in [5.74, 6) is -0.506. The van der Waals surface area contributed by atoms with Crippen LogP contribution in [-0.4, -0.2) is 15.9 Å². The molecule has 2 rings (SSSR count). The quantitative estimate of drug-likeness (QED) is 0.851. The minimum Gasteiger partial charge on any atom is -0.364 e. The van der Waals surface area contributed by atoms with E-state index in [2.05, 4.69) is 9.97 Å². The molecular weight excluding hydrogens is 214 g/mol. The van der Waals surface area contributed by atoms with E-state index in [1.165, 1.54) is 0 Å². The summed E-state index contributed by atoms with van der Waals surface area (Å²) in [4.78, 5) is 19.4. The van der Waals surface area contributed by atoms with E-state index >= 15 is 0 Å². The third-order valence-corrected chi connectivity index (χ3v) is 2.60. The molecule has 2 aromatic heterocycles. The van der Waals surface area contributed by atoms with Gasteiger partial charge in [0.15, 0.2) is 0 Å². The Kier molecular flexibility index (Phi) is 2.87. The summed E-state index contributed by atoms with van der Waals surface area (Å²) >= 11 is 0. The van der Waals surface area contributed by atoms with E-state index in [0.717, 1.165) is 22.4 Å². The van der Waals surface area contributed by atoms with E-state index in [1.54, 1.807) is 18.5 Å². The molecule has 0 bridgehead atoms. The molecule has 0 fully saturated rings. The molecule has 0 aromatic carbocycles. The minimum atomic E-state index is -0.506. The molecular formula is C13H13N3O. The Morgan fingerprint density at radius 2 is 2.12 bits per heavy atom. The Hall–Kier alpha value is -2.23. The fourth-order valence-electron chi connectivity index (χ4n) is 1.90. The molecule has 0 aliphatic heterocycles. The molecule has 0 saturated heterocycles. The van der Waals surface area contributed by atoms with E-state index in [9.17, 15) is 4.79 Å². The fraction of sp³-hybridized carbons (Fsp3) is 0.154. The fourth-order valence-corrected chi connectivity index (χ4v) is 1.90. The highest BCUT2D eigenvalue weighted by atomic mass is 16.1. The number of rotatable bonds is 2.